The van der Waals surface area contributed by atoms with Crippen molar-refractivity contribution in [3.63, 3.8) is 0 Å². The van der Waals surface area contributed by atoms with Crippen LogP contribution < -0.4 is 4.74 Å². The van der Waals surface area contributed by atoms with E-state index in [-0.39, 0.29) is 0 Å². The Labute approximate surface area is 118 Å². The molecule has 0 spiro atoms. The summed E-state index contributed by atoms with van der Waals surface area (Å²) in [4.78, 5) is 8.77. The van der Waals surface area contributed by atoms with Crippen molar-refractivity contribution in [1.29, 1.82) is 0 Å². The molecule has 1 aromatic carbocycles. The van der Waals surface area contributed by atoms with Crippen LogP contribution in [0.3, 0.4) is 0 Å². The van der Waals surface area contributed by atoms with Gasteiger partial charge in [0.15, 0.2) is 0 Å². The fourth-order valence-corrected chi connectivity index (χ4v) is 2.50. The van der Waals surface area contributed by atoms with Crippen LogP contribution in [0.2, 0.25) is 0 Å². The molecule has 0 aliphatic carbocycles. The van der Waals surface area contributed by atoms with Gasteiger partial charge in [0.05, 0.1) is 13.7 Å². The summed E-state index contributed by atoms with van der Waals surface area (Å²) < 4.78 is 7.49. The maximum absolute atomic E-state index is 5.33. The maximum Gasteiger partial charge on any atom is 0.221 e. The molecule has 0 unspecified atom stereocenters. The average Bonchev–Trinajstić information content (AvgIpc) is 2.95. The first kappa shape index (κ1) is 12.7. The van der Waals surface area contributed by atoms with E-state index in [9.17, 15) is 0 Å². The summed E-state index contributed by atoms with van der Waals surface area (Å²) in [6.45, 7) is 2.89. The Morgan fingerprint density at radius 1 is 1.15 bits per heavy atom. The van der Waals surface area contributed by atoms with Crippen molar-refractivity contribution in [3.05, 3.63) is 54.2 Å². The Kier molecular flexibility index (Phi) is 3.37. The zero-order valence-corrected chi connectivity index (χ0v) is 11.7. The molecule has 0 saturated heterocycles. The highest BCUT2D eigenvalue weighted by Crippen LogP contribution is 2.26. The van der Waals surface area contributed by atoms with Gasteiger partial charge in [0, 0.05) is 30.4 Å². The first-order valence-corrected chi connectivity index (χ1v) is 6.74. The number of hydrogen-bond acceptors (Lipinski definition) is 3. The molecule has 0 saturated carbocycles. The number of ether oxygens (including phenoxy) is 1. The van der Waals surface area contributed by atoms with Gasteiger partial charge in [-0.15, -0.1) is 0 Å². The molecule has 3 aromatic rings. The summed E-state index contributed by atoms with van der Waals surface area (Å²) in [5, 5.41) is 2.22. The van der Waals surface area contributed by atoms with Gasteiger partial charge >= 0.3 is 0 Å². The number of fused-ring (bicyclic) bond motifs is 1. The van der Waals surface area contributed by atoms with E-state index >= 15 is 0 Å². The molecule has 0 atom stereocenters. The molecule has 2 aromatic heterocycles. The van der Waals surface area contributed by atoms with E-state index < -0.39 is 0 Å². The van der Waals surface area contributed by atoms with E-state index in [2.05, 4.69) is 27.5 Å². The number of imidazole rings is 1. The SMILES string of the molecule is CCc1nccn1Cc1cnc(OC)c2ccccc12. The van der Waals surface area contributed by atoms with E-state index in [0.717, 1.165) is 24.2 Å². The van der Waals surface area contributed by atoms with Crippen LogP contribution in [0.4, 0.5) is 0 Å². The topological polar surface area (TPSA) is 39.9 Å². The van der Waals surface area contributed by atoms with Gasteiger partial charge < -0.3 is 9.30 Å². The van der Waals surface area contributed by atoms with Crippen molar-refractivity contribution < 1.29 is 4.74 Å². The molecule has 0 fully saturated rings. The van der Waals surface area contributed by atoms with E-state index in [1.165, 1.54) is 10.9 Å². The van der Waals surface area contributed by atoms with E-state index in [4.69, 9.17) is 4.74 Å². The highest BCUT2D eigenvalue weighted by atomic mass is 16.5. The van der Waals surface area contributed by atoms with Gasteiger partial charge in [-0.2, -0.15) is 0 Å². The lowest BCUT2D eigenvalue weighted by atomic mass is 10.1. The summed E-state index contributed by atoms with van der Waals surface area (Å²) in [5.74, 6) is 1.76. The van der Waals surface area contributed by atoms with Gasteiger partial charge in [-0.1, -0.05) is 25.1 Å². The van der Waals surface area contributed by atoms with Crippen LogP contribution in [0.1, 0.15) is 18.3 Å². The fourth-order valence-electron chi connectivity index (χ4n) is 2.50. The Hall–Kier alpha value is -2.36. The number of aromatic nitrogens is 3. The summed E-state index contributed by atoms with van der Waals surface area (Å²) >= 11 is 0. The minimum absolute atomic E-state index is 0.672. The molecule has 102 valence electrons. The summed E-state index contributed by atoms with van der Waals surface area (Å²) in [6, 6.07) is 8.20. The molecule has 0 amide bonds. The van der Waals surface area contributed by atoms with Gasteiger partial charge in [0.2, 0.25) is 5.88 Å². The number of pyridine rings is 1. The van der Waals surface area contributed by atoms with Crippen LogP contribution in [0, 0.1) is 0 Å². The zero-order chi connectivity index (χ0) is 13.9. The predicted molar refractivity (Wildman–Crippen MR) is 79.0 cm³/mol. The number of hydrogen-bond donors (Lipinski definition) is 0. The fraction of sp³-hybridized carbons (Fsp3) is 0.250. The molecule has 0 aliphatic heterocycles. The minimum Gasteiger partial charge on any atom is -0.481 e. The van der Waals surface area contributed by atoms with Crippen LogP contribution in [-0.4, -0.2) is 21.6 Å². The third-order valence-electron chi connectivity index (χ3n) is 3.49. The number of methoxy groups -OCH3 is 1. The number of benzene rings is 1. The third kappa shape index (κ3) is 2.13. The molecule has 4 nitrogen and oxygen atoms in total. The second-order valence-corrected chi connectivity index (χ2v) is 4.66. The molecule has 3 rings (SSSR count). The predicted octanol–water partition coefficient (Wildman–Crippen LogP) is 3.05. The minimum atomic E-state index is 0.672. The van der Waals surface area contributed by atoms with Gasteiger partial charge in [0.1, 0.15) is 5.82 Å². The quantitative estimate of drug-likeness (QED) is 0.729. The van der Waals surface area contributed by atoms with Gasteiger partial charge in [-0.3, -0.25) is 0 Å². The molecular formula is C16H17N3O. The van der Waals surface area contributed by atoms with Crippen LogP contribution in [0.5, 0.6) is 5.88 Å². The first-order valence-electron chi connectivity index (χ1n) is 6.74. The van der Waals surface area contributed by atoms with Crippen molar-refractivity contribution in [2.45, 2.75) is 19.9 Å². The third-order valence-corrected chi connectivity index (χ3v) is 3.49. The molecule has 4 heteroatoms. The molecule has 0 N–H and O–H groups in total. The van der Waals surface area contributed by atoms with Crippen LogP contribution >= 0.6 is 0 Å². The standard InChI is InChI=1S/C16H17N3O/c1-3-15-17-8-9-19(15)11-12-10-18-16(20-2)14-7-5-4-6-13(12)14/h4-10H,3,11H2,1-2H3. The largest absolute Gasteiger partial charge is 0.481 e. The number of rotatable bonds is 4. The Morgan fingerprint density at radius 3 is 2.70 bits per heavy atom. The Morgan fingerprint density at radius 2 is 1.95 bits per heavy atom. The van der Waals surface area contributed by atoms with Gasteiger partial charge in [-0.05, 0) is 17.0 Å². The van der Waals surface area contributed by atoms with Crippen molar-refractivity contribution in [2.24, 2.45) is 0 Å². The molecule has 0 aliphatic rings. The summed E-state index contributed by atoms with van der Waals surface area (Å²) in [5.41, 5.74) is 1.18. The summed E-state index contributed by atoms with van der Waals surface area (Å²) in [7, 11) is 1.65. The maximum atomic E-state index is 5.33. The molecule has 0 radical (unpaired) electrons. The lowest BCUT2D eigenvalue weighted by Gasteiger charge is -2.11. The van der Waals surface area contributed by atoms with E-state index in [1.807, 2.05) is 36.8 Å². The highest BCUT2D eigenvalue weighted by molar-refractivity contribution is 5.89. The summed E-state index contributed by atoms with van der Waals surface area (Å²) in [6.07, 6.45) is 6.67. The monoisotopic (exact) mass is 267 g/mol. The van der Waals surface area contributed by atoms with Crippen molar-refractivity contribution in [3.8, 4) is 5.88 Å². The van der Waals surface area contributed by atoms with Crippen molar-refractivity contribution in [2.75, 3.05) is 7.11 Å². The normalized spacial score (nSPS) is 10.9. The second kappa shape index (κ2) is 5.33. The van der Waals surface area contributed by atoms with Crippen LogP contribution in [-0.2, 0) is 13.0 Å². The average molecular weight is 267 g/mol. The highest BCUT2D eigenvalue weighted by Gasteiger charge is 2.09. The Bertz CT molecular complexity index is 733. The van der Waals surface area contributed by atoms with Crippen LogP contribution in [0.25, 0.3) is 10.8 Å². The number of aryl methyl sites for hydroxylation is 1. The second-order valence-electron chi connectivity index (χ2n) is 4.66. The lowest BCUT2D eigenvalue weighted by molar-refractivity contribution is 0.403. The number of nitrogens with zero attached hydrogens (tertiary/aromatic N) is 3. The first-order chi connectivity index (χ1) is 9.83. The zero-order valence-electron chi connectivity index (χ0n) is 11.7. The molecule has 20 heavy (non-hydrogen) atoms. The van der Waals surface area contributed by atoms with Crippen LogP contribution in [0.15, 0.2) is 42.9 Å². The molecule has 2 heterocycles. The lowest BCUT2D eigenvalue weighted by Crippen LogP contribution is -2.04. The molecule has 0 bridgehead atoms. The van der Waals surface area contributed by atoms with Crippen molar-refractivity contribution in [1.82, 2.24) is 14.5 Å². The Balaban J connectivity index is 2.08. The molecular weight excluding hydrogens is 250 g/mol. The van der Waals surface area contributed by atoms with Gasteiger partial charge in [-0.25, -0.2) is 9.97 Å². The smallest absolute Gasteiger partial charge is 0.221 e. The van der Waals surface area contributed by atoms with Crippen molar-refractivity contribution >= 4 is 10.8 Å². The van der Waals surface area contributed by atoms with E-state index in [0.29, 0.717) is 5.88 Å². The van der Waals surface area contributed by atoms with Gasteiger partial charge in [0.25, 0.3) is 0 Å². The van der Waals surface area contributed by atoms with E-state index in [1.54, 1.807) is 7.11 Å².